The summed E-state index contributed by atoms with van der Waals surface area (Å²) in [5.41, 5.74) is -0.851. The third kappa shape index (κ3) is 4.75. The zero-order valence-electron chi connectivity index (χ0n) is 12.1. The van der Waals surface area contributed by atoms with Gasteiger partial charge in [-0.05, 0) is 12.0 Å². The number of aliphatic carboxylic acids is 1. The average Bonchev–Trinajstić information content (AvgIpc) is 2.46. The first kappa shape index (κ1) is 18.0. The zero-order valence-corrected chi connectivity index (χ0v) is 12.1. The minimum Gasteiger partial charge on any atom is -0.481 e. The summed E-state index contributed by atoms with van der Waals surface area (Å²) in [5, 5.41) is 11.8. The summed E-state index contributed by atoms with van der Waals surface area (Å²) in [6.07, 6.45) is -6.15. The minimum atomic E-state index is -4.41. The second kappa shape index (κ2) is 7.29. The van der Waals surface area contributed by atoms with Gasteiger partial charge >= 0.3 is 12.1 Å². The number of carboxylic acids is 1. The second-order valence-electron chi connectivity index (χ2n) is 5.00. The van der Waals surface area contributed by atoms with E-state index in [0.717, 1.165) is 0 Å². The Balaban J connectivity index is 2.80. The Labute approximate surface area is 126 Å². The SMILES string of the molecule is CCC(CNC(=O)CCC(F)(F)F)(C(=O)O)c1ccccc1. The Morgan fingerprint density at radius 2 is 1.77 bits per heavy atom. The average molecular weight is 317 g/mol. The molecule has 1 aromatic carbocycles. The maximum atomic E-state index is 12.1. The van der Waals surface area contributed by atoms with Gasteiger partial charge in [0.15, 0.2) is 0 Å². The molecule has 1 rings (SSSR count). The molecule has 0 bridgehead atoms. The van der Waals surface area contributed by atoms with Crippen LogP contribution in [-0.2, 0) is 15.0 Å². The molecule has 0 saturated carbocycles. The number of hydrogen-bond donors (Lipinski definition) is 2. The lowest BCUT2D eigenvalue weighted by atomic mass is 9.78. The Hall–Kier alpha value is -2.05. The summed E-state index contributed by atoms with van der Waals surface area (Å²) < 4.78 is 36.2. The number of rotatable bonds is 7. The van der Waals surface area contributed by atoms with Crippen molar-refractivity contribution in [2.75, 3.05) is 6.54 Å². The van der Waals surface area contributed by atoms with Crippen LogP contribution in [0.1, 0.15) is 31.7 Å². The quantitative estimate of drug-likeness (QED) is 0.812. The summed E-state index contributed by atoms with van der Waals surface area (Å²) in [6.45, 7) is 1.41. The highest BCUT2D eigenvalue weighted by molar-refractivity contribution is 5.83. The molecule has 122 valence electrons. The number of carboxylic acid groups (broad SMARTS) is 1. The van der Waals surface area contributed by atoms with Crippen LogP contribution >= 0.6 is 0 Å². The van der Waals surface area contributed by atoms with Crippen molar-refractivity contribution in [2.24, 2.45) is 0 Å². The molecule has 0 aliphatic heterocycles. The van der Waals surface area contributed by atoms with E-state index in [1.807, 2.05) is 0 Å². The highest BCUT2D eigenvalue weighted by atomic mass is 19.4. The Morgan fingerprint density at radius 3 is 2.23 bits per heavy atom. The topological polar surface area (TPSA) is 66.4 Å². The van der Waals surface area contributed by atoms with Crippen LogP contribution in [0.25, 0.3) is 0 Å². The summed E-state index contributed by atoms with van der Waals surface area (Å²) in [7, 11) is 0. The van der Waals surface area contributed by atoms with E-state index in [9.17, 15) is 27.9 Å². The van der Waals surface area contributed by atoms with Crippen molar-refractivity contribution in [3.8, 4) is 0 Å². The first-order valence-corrected chi connectivity index (χ1v) is 6.83. The highest BCUT2D eigenvalue weighted by Gasteiger charge is 2.39. The van der Waals surface area contributed by atoms with E-state index in [0.29, 0.717) is 5.56 Å². The molecule has 1 unspecified atom stereocenters. The molecule has 0 radical (unpaired) electrons. The van der Waals surface area contributed by atoms with Crippen LogP contribution in [0.3, 0.4) is 0 Å². The van der Waals surface area contributed by atoms with Crippen LogP contribution in [0.4, 0.5) is 13.2 Å². The number of carbonyl (C=O) groups is 2. The molecule has 4 nitrogen and oxygen atoms in total. The minimum absolute atomic E-state index is 0.200. The molecule has 7 heteroatoms. The molecular weight excluding hydrogens is 299 g/mol. The van der Waals surface area contributed by atoms with E-state index < -0.39 is 36.3 Å². The normalized spacial score (nSPS) is 14.2. The predicted molar refractivity (Wildman–Crippen MR) is 74.3 cm³/mol. The number of amides is 1. The maximum absolute atomic E-state index is 12.1. The molecule has 1 atom stereocenters. The smallest absolute Gasteiger partial charge is 0.389 e. The van der Waals surface area contributed by atoms with E-state index in [1.165, 1.54) is 0 Å². The number of benzene rings is 1. The standard InChI is InChI=1S/C15H18F3NO3/c1-2-14(13(21)22,11-6-4-3-5-7-11)10-19-12(20)8-9-15(16,17)18/h3-7H,2,8-10H2,1H3,(H,19,20)(H,21,22). The van der Waals surface area contributed by atoms with Crippen LogP contribution in [0.15, 0.2) is 30.3 Å². The predicted octanol–water partition coefficient (Wildman–Crippen LogP) is 2.88. The summed E-state index contributed by atoms with van der Waals surface area (Å²) in [6, 6.07) is 8.33. The second-order valence-corrected chi connectivity index (χ2v) is 5.00. The first-order valence-electron chi connectivity index (χ1n) is 6.83. The van der Waals surface area contributed by atoms with Gasteiger partial charge in [0, 0.05) is 13.0 Å². The van der Waals surface area contributed by atoms with Gasteiger partial charge in [0.1, 0.15) is 5.41 Å². The molecule has 0 spiro atoms. The van der Waals surface area contributed by atoms with Crippen LogP contribution in [0.5, 0.6) is 0 Å². The summed E-state index contributed by atoms with van der Waals surface area (Å²) in [4.78, 5) is 23.2. The summed E-state index contributed by atoms with van der Waals surface area (Å²) >= 11 is 0. The van der Waals surface area contributed by atoms with E-state index in [4.69, 9.17) is 0 Å². The summed E-state index contributed by atoms with van der Waals surface area (Å²) in [5.74, 6) is -1.94. The molecular formula is C15H18F3NO3. The van der Waals surface area contributed by atoms with E-state index in [2.05, 4.69) is 5.32 Å². The molecule has 0 aromatic heterocycles. The zero-order chi connectivity index (χ0) is 16.8. The van der Waals surface area contributed by atoms with Crippen molar-refractivity contribution < 1.29 is 27.9 Å². The van der Waals surface area contributed by atoms with Gasteiger partial charge in [-0.3, -0.25) is 9.59 Å². The van der Waals surface area contributed by atoms with Gasteiger partial charge in [-0.25, -0.2) is 0 Å². The van der Waals surface area contributed by atoms with E-state index >= 15 is 0 Å². The molecule has 1 amide bonds. The third-order valence-electron chi connectivity index (χ3n) is 3.56. The fraction of sp³-hybridized carbons (Fsp3) is 0.467. The van der Waals surface area contributed by atoms with Crippen molar-refractivity contribution >= 4 is 11.9 Å². The first-order chi connectivity index (χ1) is 10.2. The Morgan fingerprint density at radius 1 is 1.18 bits per heavy atom. The molecule has 1 aromatic rings. The number of carbonyl (C=O) groups excluding carboxylic acids is 1. The maximum Gasteiger partial charge on any atom is 0.389 e. The van der Waals surface area contributed by atoms with Crippen molar-refractivity contribution in [1.29, 1.82) is 0 Å². The van der Waals surface area contributed by atoms with Crippen LogP contribution in [0, 0.1) is 0 Å². The molecule has 0 saturated heterocycles. The third-order valence-corrected chi connectivity index (χ3v) is 3.56. The van der Waals surface area contributed by atoms with Gasteiger partial charge in [0.05, 0.1) is 6.42 Å². The molecule has 0 fully saturated rings. The molecule has 0 aliphatic carbocycles. The van der Waals surface area contributed by atoms with Gasteiger partial charge < -0.3 is 10.4 Å². The van der Waals surface area contributed by atoms with Gasteiger partial charge in [0.2, 0.25) is 5.91 Å². The monoisotopic (exact) mass is 317 g/mol. The van der Waals surface area contributed by atoms with Crippen molar-refractivity contribution in [1.82, 2.24) is 5.32 Å². The molecule has 2 N–H and O–H groups in total. The van der Waals surface area contributed by atoms with Crippen LogP contribution in [-0.4, -0.2) is 29.7 Å². The molecule has 0 heterocycles. The largest absolute Gasteiger partial charge is 0.481 e. The van der Waals surface area contributed by atoms with Crippen molar-refractivity contribution in [2.45, 2.75) is 37.8 Å². The number of alkyl halides is 3. The number of hydrogen-bond acceptors (Lipinski definition) is 2. The van der Waals surface area contributed by atoms with Crippen molar-refractivity contribution in [3.63, 3.8) is 0 Å². The highest BCUT2D eigenvalue weighted by Crippen LogP contribution is 2.28. The lowest BCUT2D eigenvalue weighted by Gasteiger charge is -2.29. The van der Waals surface area contributed by atoms with Crippen LogP contribution < -0.4 is 5.32 Å². The van der Waals surface area contributed by atoms with Crippen molar-refractivity contribution in [3.05, 3.63) is 35.9 Å². The van der Waals surface area contributed by atoms with Gasteiger partial charge in [-0.1, -0.05) is 37.3 Å². The molecule has 22 heavy (non-hydrogen) atoms. The van der Waals surface area contributed by atoms with Crippen LogP contribution in [0.2, 0.25) is 0 Å². The lowest BCUT2D eigenvalue weighted by molar-refractivity contribution is -0.146. The van der Waals surface area contributed by atoms with Gasteiger partial charge in [-0.15, -0.1) is 0 Å². The van der Waals surface area contributed by atoms with Gasteiger partial charge in [-0.2, -0.15) is 13.2 Å². The Kier molecular flexibility index (Phi) is 5.96. The van der Waals surface area contributed by atoms with Gasteiger partial charge in [0.25, 0.3) is 0 Å². The molecule has 0 aliphatic rings. The van der Waals surface area contributed by atoms with E-state index in [1.54, 1.807) is 37.3 Å². The Bertz CT molecular complexity index is 517. The fourth-order valence-corrected chi connectivity index (χ4v) is 2.13. The number of halogens is 3. The number of nitrogens with one attached hydrogen (secondary N) is 1. The fourth-order valence-electron chi connectivity index (χ4n) is 2.13. The lowest BCUT2D eigenvalue weighted by Crippen LogP contribution is -2.46. The van der Waals surface area contributed by atoms with E-state index in [-0.39, 0.29) is 13.0 Å².